The van der Waals surface area contributed by atoms with Gasteiger partial charge in [0.25, 0.3) is 0 Å². The largest absolute Gasteiger partial charge is 0.374 e. The van der Waals surface area contributed by atoms with Gasteiger partial charge < -0.3 is 10.6 Å². The van der Waals surface area contributed by atoms with Crippen LogP contribution in [0.25, 0.3) is 0 Å². The van der Waals surface area contributed by atoms with Crippen LogP contribution in [0, 0.1) is 0 Å². The van der Waals surface area contributed by atoms with Crippen LogP contribution in [0.1, 0.15) is 5.56 Å². The van der Waals surface area contributed by atoms with Crippen molar-refractivity contribution in [1.29, 1.82) is 0 Å². The first-order chi connectivity index (χ1) is 9.54. The second-order valence-electron chi connectivity index (χ2n) is 4.07. The summed E-state index contributed by atoms with van der Waals surface area (Å²) in [5.74, 6) is 0.383. The van der Waals surface area contributed by atoms with Crippen molar-refractivity contribution in [3.05, 3.63) is 34.3 Å². The third-order valence-corrected chi connectivity index (χ3v) is 4.90. The zero-order valence-electron chi connectivity index (χ0n) is 10.7. The molecule has 0 aliphatic carbocycles. The normalized spacial score (nSPS) is 10.5. The lowest BCUT2D eigenvalue weighted by molar-refractivity contribution is -0.127. The molecule has 0 saturated carbocycles. The summed E-state index contributed by atoms with van der Waals surface area (Å²) in [6, 6.07) is 7.91. The Labute approximate surface area is 133 Å². The highest BCUT2D eigenvalue weighted by atomic mass is 79.9. The van der Waals surface area contributed by atoms with Crippen LogP contribution in [-0.4, -0.2) is 33.8 Å². The van der Waals surface area contributed by atoms with E-state index >= 15 is 0 Å². The molecule has 0 fully saturated rings. The van der Waals surface area contributed by atoms with Crippen LogP contribution in [0.15, 0.2) is 33.1 Å². The molecular weight excluding hydrogens is 360 g/mol. The Balaban J connectivity index is 1.84. The summed E-state index contributed by atoms with van der Waals surface area (Å²) in [6.07, 6.45) is 0. The van der Waals surface area contributed by atoms with Gasteiger partial charge in [-0.1, -0.05) is 51.2 Å². The van der Waals surface area contributed by atoms with E-state index in [0.29, 0.717) is 21.8 Å². The van der Waals surface area contributed by atoms with Gasteiger partial charge in [-0.3, -0.25) is 4.79 Å². The number of thioether (sulfide) groups is 1. The quantitative estimate of drug-likeness (QED) is 0.816. The van der Waals surface area contributed by atoms with Crippen LogP contribution in [0.5, 0.6) is 0 Å². The molecule has 0 saturated heterocycles. The van der Waals surface area contributed by atoms with Crippen LogP contribution < -0.4 is 5.73 Å². The highest BCUT2D eigenvalue weighted by Gasteiger charge is 2.11. The molecule has 0 unspecified atom stereocenters. The third kappa shape index (κ3) is 4.46. The zero-order chi connectivity index (χ0) is 14.5. The van der Waals surface area contributed by atoms with Gasteiger partial charge in [0.1, 0.15) is 0 Å². The molecular formula is C12H13BrN4OS2. The molecule has 0 aliphatic rings. The van der Waals surface area contributed by atoms with E-state index in [2.05, 4.69) is 26.1 Å². The van der Waals surface area contributed by atoms with Gasteiger partial charge in [-0.15, -0.1) is 10.2 Å². The molecule has 0 aliphatic heterocycles. The molecule has 106 valence electrons. The lowest BCUT2D eigenvalue weighted by Gasteiger charge is -2.16. The first kappa shape index (κ1) is 15.3. The van der Waals surface area contributed by atoms with Crippen molar-refractivity contribution in [2.45, 2.75) is 10.9 Å². The standard InChI is InChI=1S/C12H13BrN4OS2/c1-17(6-8-2-4-9(13)5-3-8)10(18)7-19-12-16-15-11(14)20-12/h2-5H,6-7H2,1H3,(H2,14,15). The number of nitrogens with two attached hydrogens (primary N) is 1. The lowest BCUT2D eigenvalue weighted by Crippen LogP contribution is -2.27. The summed E-state index contributed by atoms with van der Waals surface area (Å²) in [4.78, 5) is 13.7. The minimum Gasteiger partial charge on any atom is -0.374 e. The number of anilines is 1. The van der Waals surface area contributed by atoms with Gasteiger partial charge in [0.2, 0.25) is 11.0 Å². The second-order valence-corrected chi connectivity index (χ2v) is 7.22. The molecule has 1 aromatic carbocycles. The SMILES string of the molecule is CN(Cc1ccc(Br)cc1)C(=O)CSc1nnc(N)s1. The number of benzene rings is 1. The molecule has 0 bridgehead atoms. The highest BCUT2D eigenvalue weighted by Crippen LogP contribution is 2.23. The Hall–Kier alpha value is -1.12. The van der Waals surface area contributed by atoms with Crippen molar-refractivity contribution in [1.82, 2.24) is 15.1 Å². The van der Waals surface area contributed by atoms with Crippen molar-refractivity contribution in [2.24, 2.45) is 0 Å². The van der Waals surface area contributed by atoms with Crippen LogP contribution in [0.4, 0.5) is 5.13 Å². The molecule has 5 nitrogen and oxygen atoms in total. The van der Waals surface area contributed by atoms with E-state index < -0.39 is 0 Å². The van der Waals surface area contributed by atoms with E-state index in [0.717, 1.165) is 10.0 Å². The van der Waals surface area contributed by atoms with E-state index in [4.69, 9.17) is 5.73 Å². The lowest BCUT2D eigenvalue weighted by atomic mass is 10.2. The van der Waals surface area contributed by atoms with Gasteiger partial charge in [0, 0.05) is 18.1 Å². The predicted octanol–water partition coefficient (Wildman–Crippen LogP) is 2.63. The Kier molecular flexibility index (Phi) is 5.38. The maximum absolute atomic E-state index is 12.0. The smallest absolute Gasteiger partial charge is 0.233 e. The number of rotatable bonds is 5. The van der Waals surface area contributed by atoms with Gasteiger partial charge in [-0.2, -0.15) is 0 Å². The topological polar surface area (TPSA) is 72.1 Å². The van der Waals surface area contributed by atoms with Gasteiger partial charge in [0.15, 0.2) is 4.34 Å². The van der Waals surface area contributed by atoms with Gasteiger partial charge >= 0.3 is 0 Å². The number of nitrogen functional groups attached to an aromatic ring is 1. The predicted molar refractivity (Wildman–Crippen MR) is 85.7 cm³/mol. The first-order valence-corrected chi connectivity index (χ1v) is 8.34. The minimum atomic E-state index is 0.0479. The number of nitrogens with zero attached hydrogens (tertiary/aromatic N) is 3. The molecule has 2 N–H and O–H groups in total. The summed E-state index contributed by atoms with van der Waals surface area (Å²) < 4.78 is 1.74. The average Bonchev–Trinajstić information content (AvgIpc) is 2.84. The Morgan fingerprint density at radius 2 is 2.10 bits per heavy atom. The number of hydrogen-bond donors (Lipinski definition) is 1. The summed E-state index contributed by atoms with van der Waals surface area (Å²) in [7, 11) is 1.79. The first-order valence-electron chi connectivity index (χ1n) is 5.75. The van der Waals surface area contributed by atoms with E-state index in [1.807, 2.05) is 24.3 Å². The highest BCUT2D eigenvalue weighted by molar-refractivity contribution is 9.10. The number of hydrogen-bond acceptors (Lipinski definition) is 6. The number of carbonyl (C=O) groups is 1. The van der Waals surface area contributed by atoms with Gasteiger partial charge in [-0.25, -0.2) is 0 Å². The van der Waals surface area contributed by atoms with E-state index in [1.54, 1.807) is 11.9 Å². The van der Waals surface area contributed by atoms with Crippen LogP contribution in [0.3, 0.4) is 0 Å². The molecule has 0 atom stereocenters. The van der Waals surface area contributed by atoms with Crippen molar-refractivity contribution in [3.8, 4) is 0 Å². The summed E-state index contributed by atoms with van der Waals surface area (Å²) >= 11 is 6.03. The fourth-order valence-electron chi connectivity index (χ4n) is 1.46. The Bertz CT molecular complexity index is 587. The summed E-state index contributed by atoms with van der Waals surface area (Å²) in [5.41, 5.74) is 6.58. The number of carbonyl (C=O) groups excluding carboxylic acids is 1. The average molecular weight is 373 g/mol. The van der Waals surface area contributed by atoms with Crippen molar-refractivity contribution >= 4 is 50.1 Å². The maximum Gasteiger partial charge on any atom is 0.233 e. The summed E-state index contributed by atoms with van der Waals surface area (Å²) in [6.45, 7) is 0.588. The molecule has 0 spiro atoms. The molecule has 1 amide bonds. The molecule has 8 heteroatoms. The molecule has 0 radical (unpaired) electrons. The minimum absolute atomic E-state index is 0.0479. The van der Waals surface area contributed by atoms with Crippen molar-refractivity contribution in [3.63, 3.8) is 0 Å². The van der Waals surface area contributed by atoms with Crippen LogP contribution in [-0.2, 0) is 11.3 Å². The number of amides is 1. The molecule has 2 aromatic rings. The molecule has 1 heterocycles. The van der Waals surface area contributed by atoms with Crippen molar-refractivity contribution < 1.29 is 4.79 Å². The third-order valence-electron chi connectivity index (χ3n) is 2.50. The zero-order valence-corrected chi connectivity index (χ0v) is 14.0. The van der Waals surface area contributed by atoms with E-state index in [-0.39, 0.29) is 5.91 Å². The molecule has 20 heavy (non-hydrogen) atoms. The van der Waals surface area contributed by atoms with Crippen LogP contribution >= 0.6 is 39.0 Å². The van der Waals surface area contributed by atoms with Gasteiger partial charge in [0.05, 0.1) is 5.75 Å². The van der Waals surface area contributed by atoms with E-state index in [9.17, 15) is 4.79 Å². The van der Waals surface area contributed by atoms with Gasteiger partial charge in [-0.05, 0) is 17.7 Å². The van der Waals surface area contributed by atoms with Crippen molar-refractivity contribution in [2.75, 3.05) is 18.5 Å². The van der Waals surface area contributed by atoms with E-state index in [1.165, 1.54) is 23.1 Å². The molecule has 2 rings (SSSR count). The number of halogens is 1. The Morgan fingerprint density at radius 3 is 2.70 bits per heavy atom. The molecule has 1 aromatic heterocycles. The summed E-state index contributed by atoms with van der Waals surface area (Å²) in [5, 5.41) is 8.00. The fraction of sp³-hybridized carbons (Fsp3) is 0.250. The fourth-order valence-corrected chi connectivity index (χ4v) is 3.31. The second kappa shape index (κ2) is 7.05. The monoisotopic (exact) mass is 372 g/mol. The van der Waals surface area contributed by atoms with Crippen LogP contribution in [0.2, 0.25) is 0 Å². The number of aromatic nitrogens is 2. The maximum atomic E-state index is 12.0. The Morgan fingerprint density at radius 1 is 1.40 bits per heavy atom.